The first-order valence-electron chi connectivity index (χ1n) is 18.7. The molecule has 56 heavy (non-hydrogen) atoms. The molecule has 6 aromatic carbocycles. The summed E-state index contributed by atoms with van der Waals surface area (Å²) < 4.78 is 21.3. The van der Waals surface area contributed by atoms with E-state index in [0.717, 1.165) is 99.4 Å². The van der Waals surface area contributed by atoms with Crippen molar-refractivity contribution in [3.63, 3.8) is 0 Å². The minimum absolute atomic E-state index is 0.109. The summed E-state index contributed by atoms with van der Waals surface area (Å²) in [4.78, 5) is 54.7. The first-order chi connectivity index (χ1) is 27.0. The van der Waals surface area contributed by atoms with Crippen molar-refractivity contribution in [3.8, 4) is 44.5 Å². The molecule has 0 bridgehead atoms. The van der Waals surface area contributed by atoms with E-state index in [4.69, 9.17) is 18.9 Å². The molecule has 8 nitrogen and oxygen atoms in total. The molecule has 0 spiro atoms. The topological polar surface area (TPSA) is 105 Å². The molecule has 3 aliphatic rings. The van der Waals surface area contributed by atoms with Crippen molar-refractivity contribution >= 4 is 45.4 Å². The van der Waals surface area contributed by atoms with Gasteiger partial charge < -0.3 is 18.9 Å². The highest BCUT2D eigenvalue weighted by Crippen LogP contribution is 2.57. The van der Waals surface area contributed by atoms with Crippen molar-refractivity contribution in [2.75, 3.05) is 28.4 Å². The predicted octanol–water partition coefficient (Wildman–Crippen LogP) is 8.45. The molecule has 0 aromatic heterocycles. The summed E-state index contributed by atoms with van der Waals surface area (Å²) in [5.74, 6) is -2.50. The third kappa shape index (κ3) is 4.77. The summed E-state index contributed by atoms with van der Waals surface area (Å²) in [7, 11) is 5.23. The van der Waals surface area contributed by atoms with E-state index in [0.29, 0.717) is 0 Å². The number of carbonyl (C=O) groups excluding carboxylic acids is 4. The van der Waals surface area contributed by atoms with Crippen LogP contribution < -0.4 is 0 Å². The molecule has 0 aliphatic heterocycles. The minimum Gasteiger partial charge on any atom is -0.468 e. The Morgan fingerprint density at radius 1 is 0.411 bits per heavy atom. The lowest BCUT2D eigenvalue weighted by molar-refractivity contribution is -0.170. The molecule has 0 unspecified atom stereocenters. The highest BCUT2D eigenvalue weighted by molar-refractivity contribution is 6.13. The molecule has 9 rings (SSSR count). The van der Waals surface area contributed by atoms with Gasteiger partial charge in [0.2, 0.25) is 0 Å². The van der Waals surface area contributed by atoms with Gasteiger partial charge in [0.15, 0.2) is 10.8 Å². The standard InChI is InChI=1S/C48H40O8/c1-25-15-33-31-17-27-11-7-9-13-29(27)19-35(31)42-34(16-26(2)38-22-48(24-40(38)42,45(51)55-5)46(52)56-6)32-18-28-12-8-10-14-30(28)20-36(32)41(33)39-23-47(21-37(25)39,43(49)53-3)44(50)54-4/h7-20H,21-24H2,1-6H3. The lowest BCUT2D eigenvalue weighted by atomic mass is 9.74. The van der Waals surface area contributed by atoms with Gasteiger partial charge in [-0.25, -0.2) is 0 Å². The number of hydrogen-bond acceptors (Lipinski definition) is 8. The fourth-order valence-corrected chi connectivity index (χ4v) is 9.97. The molecule has 0 saturated carbocycles. The predicted molar refractivity (Wildman–Crippen MR) is 214 cm³/mol. The van der Waals surface area contributed by atoms with Crippen LogP contribution in [0.4, 0.5) is 0 Å². The molecule has 0 N–H and O–H groups in total. The molecule has 0 radical (unpaired) electrons. The average molecular weight is 745 g/mol. The molecule has 0 fully saturated rings. The number of carbonyl (C=O) groups is 4. The van der Waals surface area contributed by atoms with Crippen LogP contribution >= 0.6 is 0 Å². The highest BCUT2D eigenvalue weighted by Gasteiger charge is 2.55. The molecular formula is C48H40O8. The number of aryl methyl sites for hydroxylation is 2. The molecule has 6 aromatic rings. The molecule has 0 saturated heterocycles. The van der Waals surface area contributed by atoms with Gasteiger partial charge in [0.1, 0.15) is 0 Å². The van der Waals surface area contributed by atoms with Crippen LogP contribution in [0.25, 0.3) is 66.1 Å². The number of benzene rings is 6. The SMILES string of the molecule is COC(=O)C1(C(=O)OC)Cc2c(C)cc3c(c2C1)-c1cc2ccccc2cc1-c1cc(C)c2c(c1-c1cc4ccccc4cc1-3)CC(C(=O)OC)(C(=O)OC)C2. The number of methoxy groups -OCH3 is 4. The third-order valence-corrected chi connectivity index (χ3v) is 12.7. The van der Waals surface area contributed by atoms with Crippen molar-refractivity contribution in [1.29, 1.82) is 0 Å². The van der Waals surface area contributed by atoms with Gasteiger partial charge in [-0.2, -0.15) is 0 Å². The first kappa shape index (κ1) is 35.4. The third-order valence-electron chi connectivity index (χ3n) is 12.7. The molecular weight excluding hydrogens is 705 g/mol. The van der Waals surface area contributed by atoms with Crippen LogP contribution in [0.3, 0.4) is 0 Å². The summed E-state index contributed by atoms with van der Waals surface area (Å²) in [5, 5.41) is 4.14. The zero-order valence-corrected chi connectivity index (χ0v) is 32.2. The van der Waals surface area contributed by atoms with Gasteiger partial charge in [-0.05, 0) is 138 Å². The van der Waals surface area contributed by atoms with E-state index in [1.54, 1.807) is 0 Å². The maximum atomic E-state index is 13.7. The number of fused-ring (bicyclic) bond motifs is 14. The van der Waals surface area contributed by atoms with E-state index < -0.39 is 34.7 Å². The van der Waals surface area contributed by atoms with E-state index in [1.807, 2.05) is 38.1 Å². The first-order valence-corrected chi connectivity index (χ1v) is 18.7. The number of hydrogen-bond donors (Lipinski definition) is 0. The molecule has 3 aliphatic carbocycles. The largest absolute Gasteiger partial charge is 0.468 e. The van der Waals surface area contributed by atoms with E-state index in [2.05, 4.69) is 60.7 Å². The Morgan fingerprint density at radius 3 is 1.00 bits per heavy atom. The number of esters is 4. The summed E-state index contributed by atoms with van der Waals surface area (Å²) in [6, 6.07) is 29.6. The second kappa shape index (κ2) is 12.6. The second-order valence-corrected chi connectivity index (χ2v) is 15.5. The fourth-order valence-electron chi connectivity index (χ4n) is 9.97. The fraction of sp³-hybridized carbons (Fsp3) is 0.250. The number of rotatable bonds is 4. The van der Waals surface area contributed by atoms with E-state index >= 15 is 0 Å². The van der Waals surface area contributed by atoms with E-state index in [-0.39, 0.29) is 25.7 Å². The summed E-state index contributed by atoms with van der Waals surface area (Å²) in [6.45, 7) is 4.06. The second-order valence-electron chi connectivity index (χ2n) is 15.5. The lowest BCUT2D eigenvalue weighted by Gasteiger charge is -2.29. The van der Waals surface area contributed by atoms with Gasteiger partial charge in [-0.15, -0.1) is 0 Å². The average Bonchev–Trinajstić information content (AvgIpc) is 3.84. The van der Waals surface area contributed by atoms with Gasteiger partial charge >= 0.3 is 23.9 Å². The Hall–Kier alpha value is -6.28. The van der Waals surface area contributed by atoms with Gasteiger partial charge in [0, 0.05) is 25.7 Å². The van der Waals surface area contributed by atoms with Crippen LogP contribution in [0.5, 0.6) is 0 Å². The Morgan fingerprint density at radius 2 is 0.696 bits per heavy atom. The highest BCUT2D eigenvalue weighted by atomic mass is 16.6. The van der Waals surface area contributed by atoms with Crippen LogP contribution in [0.1, 0.15) is 33.4 Å². The van der Waals surface area contributed by atoms with Crippen molar-refractivity contribution in [3.05, 3.63) is 118 Å². The molecule has 0 atom stereocenters. The van der Waals surface area contributed by atoms with E-state index in [1.165, 1.54) is 28.4 Å². The Labute approximate surface area is 324 Å². The van der Waals surface area contributed by atoms with Crippen LogP contribution in [0.15, 0.2) is 84.9 Å². The Bertz CT molecular complexity index is 2530. The normalized spacial score (nSPS) is 15.2. The van der Waals surface area contributed by atoms with Gasteiger partial charge in [-0.1, -0.05) is 60.7 Å². The van der Waals surface area contributed by atoms with Crippen molar-refractivity contribution in [2.24, 2.45) is 10.8 Å². The monoisotopic (exact) mass is 744 g/mol. The zero-order valence-electron chi connectivity index (χ0n) is 32.2. The van der Waals surface area contributed by atoms with Crippen molar-refractivity contribution < 1.29 is 38.1 Å². The number of ether oxygens (including phenoxy) is 4. The Kier molecular flexibility index (Phi) is 7.99. The van der Waals surface area contributed by atoms with E-state index in [9.17, 15) is 19.2 Å². The maximum Gasteiger partial charge on any atom is 0.323 e. The van der Waals surface area contributed by atoms with Crippen LogP contribution in [0.2, 0.25) is 0 Å². The molecule has 0 heterocycles. The minimum atomic E-state index is -1.54. The zero-order chi connectivity index (χ0) is 39.3. The Balaban J connectivity index is 1.46. The summed E-state index contributed by atoms with van der Waals surface area (Å²) >= 11 is 0. The van der Waals surface area contributed by atoms with Crippen molar-refractivity contribution in [1.82, 2.24) is 0 Å². The van der Waals surface area contributed by atoms with Gasteiger partial charge in [-0.3, -0.25) is 19.2 Å². The van der Waals surface area contributed by atoms with Crippen LogP contribution in [0, 0.1) is 24.7 Å². The smallest absolute Gasteiger partial charge is 0.323 e. The lowest BCUT2D eigenvalue weighted by Crippen LogP contribution is -2.42. The summed E-state index contributed by atoms with van der Waals surface area (Å²) in [6.07, 6.45) is 0.525. The van der Waals surface area contributed by atoms with Crippen LogP contribution in [-0.2, 0) is 63.8 Å². The maximum absolute atomic E-state index is 13.7. The van der Waals surface area contributed by atoms with Crippen LogP contribution in [-0.4, -0.2) is 52.3 Å². The molecule has 280 valence electrons. The quantitative estimate of drug-likeness (QED) is 0.101. The molecule has 0 amide bonds. The van der Waals surface area contributed by atoms with Crippen molar-refractivity contribution in [2.45, 2.75) is 39.5 Å². The summed E-state index contributed by atoms with van der Waals surface area (Å²) in [5.41, 5.74) is 10.1. The van der Waals surface area contributed by atoms with Gasteiger partial charge in [0.25, 0.3) is 0 Å². The van der Waals surface area contributed by atoms with Gasteiger partial charge in [0.05, 0.1) is 28.4 Å². The molecule has 8 heteroatoms.